The first kappa shape index (κ1) is 18.0. The number of nitrogen functional groups attached to an aromatic ring is 1. The molecule has 0 saturated carbocycles. The summed E-state index contributed by atoms with van der Waals surface area (Å²) in [6.45, 7) is 2.07. The predicted octanol–water partition coefficient (Wildman–Crippen LogP) is 2.53. The molecule has 0 radical (unpaired) electrons. The summed E-state index contributed by atoms with van der Waals surface area (Å²) in [5.74, 6) is 6.43. The van der Waals surface area contributed by atoms with Crippen LogP contribution in [0.25, 0.3) is 11.6 Å². The maximum absolute atomic E-state index is 13.3. The molecule has 1 unspecified atom stereocenters. The first-order valence-corrected chi connectivity index (χ1v) is 8.74. The fourth-order valence-electron chi connectivity index (χ4n) is 2.44. The van der Waals surface area contributed by atoms with Crippen molar-refractivity contribution in [2.24, 2.45) is 0 Å². The van der Waals surface area contributed by atoms with Crippen LogP contribution in [0.1, 0.15) is 12.5 Å². The summed E-state index contributed by atoms with van der Waals surface area (Å²) in [6.07, 6.45) is 1.52. The summed E-state index contributed by atoms with van der Waals surface area (Å²) < 4.78 is 19.8. The van der Waals surface area contributed by atoms with Crippen LogP contribution in [0.5, 0.6) is 0 Å². The molecule has 0 saturated heterocycles. The summed E-state index contributed by atoms with van der Waals surface area (Å²) >= 11 is 1.20. The van der Waals surface area contributed by atoms with Gasteiger partial charge in [0.1, 0.15) is 5.82 Å². The fourth-order valence-corrected chi connectivity index (χ4v) is 3.32. The standard InChI is InChI=1S/C17H18FN5O2S/c1-11(16(24)22(2)10-12-5-3-6-13(18)9-12)26-17-21-20-15(23(17)19)14-7-4-8-25-14/h3-9,11H,10,19H2,1-2H3. The van der Waals surface area contributed by atoms with Crippen LogP contribution in [0, 0.1) is 5.82 Å². The Hall–Kier alpha value is -2.81. The molecule has 2 heterocycles. The largest absolute Gasteiger partial charge is 0.461 e. The highest BCUT2D eigenvalue weighted by molar-refractivity contribution is 8.00. The number of hydrogen-bond donors (Lipinski definition) is 1. The quantitative estimate of drug-likeness (QED) is 0.526. The monoisotopic (exact) mass is 375 g/mol. The smallest absolute Gasteiger partial charge is 0.235 e. The van der Waals surface area contributed by atoms with Gasteiger partial charge >= 0.3 is 0 Å². The van der Waals surface area contributed by atoms with Crippen LogP contribution in [0.15, 0.2) is 52.2 Å². The number of nitrogens with two attached hydrogens (primary N) is 1. The van der Waals surface area contributed by atoms with Gasteiger partial charge in [-0.05, 0) is 36.8 Å². The molecule has 136 valence electrons. The zero-order valence-electron chi connectivity index (χ0n) is 14.3. The van der Waals surface area contributed by atoms with Gasteiger partial charge in [0.25, 0.3) is 0 Å². The van der Waals surface area contributed by atoms with Gasteiger partial charge in [-0.1, -0.05) is 23.9 Å². The molecule has 3 rings (SSSR count). The Bertz CT molecular complexity index is 896. The molecule has 9 heteroatoms. The van der Waals surface area contributed by atoms with Gasteiger partial charge in [-0.2, -0.15) is 0 Å². The fraction of sp³-hybridized carbons (Fsp3) is 0.235. The SMILES string of the molecule is CC(Sc1nnc(-c2ccco2)n1N)C(=O)N(C)Cc1cccc(F)c1. The average Bonchev–Trinajstić information content (AvgIpc) is 3.24. The van der Waals surface area contributed by atoms with E-state index in [1.165, 1.54) is 39.7 Å². The van der Waals surface area contributed by atoms with Crippen molar-refractivity contribution >= 4 is 17.7 Å². The second-order valence-corrected chi connectivity index (χ2v) is 7.05. The van der Waals surface area contributed by atoms with E-state index in [4.69, 9.17) is 10.3 Å². The Morgan fingerprint density at radius 2 is 2.19 bits per heavy atom. The molecule has 3 aromatic rings. The first-order chi connectivity index (χ1) is 12.5. The molecule has 1 aromatic carbocycles. The third-order valence-electron chi connectivity index (χ3n) is 3.72. The van der Waals surface area contributed by atoms with E-state index >= 15 is 0 Å². The molecular weight excluding hydrogens is 357 g/mol. The van der Waals surface area contributed by atoms with Gasteiger partial charge in [0.2, 0.25) is 16.9 Å². The molecular formula is C17H18FN5O2S. The number of carbonyl (C=O) groups excluding carboxylic acids is 1. The number of amides is 1. The molecule has 1 amide bonds. The van der Waals surface area contributed by atoms with Crippen LogP contribution >= 0.6 is 11.8 Å². The topological polar surface area (TPSA) is 90.2 Å². The zero-order valence-corrected chi connectivity index (χ0v) is 15.1. The van der Waals surface area contributed by atoms with Gasteiger partial charge in [-0.25, -0.2) is 9.07 Å². The van der Waals surface area contributed by atoms with Crippen LogP contribution in [-0.4, -0.2) is 38.0 Å². The van der Waals surface area contributed by atoms with Crippen molar-refractivity contribution in [3.05, 3.63) is 54.0 Å². The third kappa shape index (κ3) is 3.88. The molecule has 0 spiro atoms. The van der Waals surface area contributed by atoms with Crippen LogP contribution in [-0.2, 0) is 11.3 Å². The number of nitrogens with zero attached hydrogens (tertiary/aromatic N) is 4. The number of benzene rings is 1. The van der Waals surface area contributed by atoms with Crippen molar-refractivity contribution in [1.29, 1.82) is 0 Å². The summed E-state index contributed by atoms with van der Waals surface area (Å²) in [4.78, 5) is 14.1. The summed E-state index contributed by atoms with van der Waals surface area (Å²) in [6, 6.07) is 9.63. The Labute approximate surface area is 154 Å². The molecule has 2 aromatic heterocycles. The number of furan rings is 1. The van der Waals surface area contributed by atoms with Crippen LogP contribution in [0.3, 0.4) is 0 Å². The van der Waals surface area contributed by atoms with E-state index in [-0.39, 0.29) is 11.7 Å². The van der Waals surface area contributed by atoms with Gasteiger partial charge in [-0.15, -0.1) is 10.2 Å². The average molecular weight is 375 g/mol. The molecule has 1 atom stereocenters. The highest BCUT2D eigenvalue weighted by atomic mass is 32.2. The van der Waals surface area contributed by atoms with Crippen molar-refractivity contribution in [2.45, 2.75) is 23.9 Å². The Balaban J connectivity index is 1.66. The summed E-state index contributed by atoms with van der Waals surface area (Å²) in [7, 11) is 1.67. The van der Waals surface area contributed by atoms with Gasteiger partial charge in [0.15, 0.2) is 5.76 Å². The van der Waals surface area contributed by atoms with Crippen molar-refractivity contribution in [3.8, 4) is 11.6 Å². The lowest BCUT2D eigenvalue weighted by Gasteiger charge is -2.21. The van der Waals surface area contributed by atoms with Crippen LogP contribution in [0.4, 0.5) is 4.39 Å². The van der Waals surface area contributed by atoms with Gasteiger partial charge in [-0.3, -0.25) is 4.79 Å². The highest BCUT2D eigenvalue weighted by Gasteiger charge is 2.23. The molecule has 7 nitrogen and oxygen atoms in total. The van der Waals surface area contributed by atoms with Gasteiger partial charge in [0.05, 0.1) is 11.5 Å². The molecule has 2 N–H and O–H groups in total. The summed E-state index contributed by atoms with van der Waals surface area (Å²) in [5, 5.41) is 7.98. The third-order valence-corrected chi connectivity index (χ3v) is 4.77. The lowest BCUT2D eigenvalue weighted by Crippen LogP contribution is -2.33. The maximum atomic E-state index is 13.3. The second-order valence-electron chi connectivity index (χ2n) is 5.74. The lowest BCUT2D eigenvalue weighted by molar-refractivity contribution is -0.129. The number of thioether (sulfide) groups is 1. The van der Waals surface area contributed by atoms with Gasteiger partial charge in [0, 0.05) is 13.6 Å². The number of hydrogen-bond acceptors (Lipinski definition) is 6. The second kappa shape index (κ2) is 7.61. The van der Waals surface area contributed by atoms with E-state index in [2.05, 4.69) is 10.2 Å². The van der Waals surface area contributed by atoms with E-state index in [0.29, 0.717) is 23.3 Å². The molecule has 0 aliphatic heterocycles. The number of carbonyl (C=O) groups is 1. The Kier molecular flexibility index (Phi) is 5.27. The van der Waals surface area contributed by atoms with E-state index in [9.17, 15) is 9.18 Å². The normalized spacial score (nSPS) is 12.1. The minimum Gasteiger partial charge on any atom is -0.461 e. The van der Waals surface area contributed by atoms with Crippen molar-refractivity contribution < 1.29 is 13.6 Å². The predicted molar refractivity (Wildman–Crippen MR) is 96.1 cm³/mol. The summed E-state index contributed by atoms with van der Waals surface area (Å²) in [5.41, 5.74) is 0.722. The number of aromatic nitrogens is 3. The van der Waals surface area contributed by atoms with Crippen molar-refractivity contribution in [1.82, 2.24) is 19.8 Å². The van der Waals surface area contributed by atoms with Crippen LogP contribution < -0.4 is 5.84 Å². The van der Waals surface area contributed by atoms with E-state index in [1.807, 2.05) is 0 Å². The molecule has 0 fully saturated rings. The Morgan fingerprint density at radius 1 is 1.38 bits per heavy atom. The van der Waals surface area contributed by atoms with E-state index in [1.54, 1.807) is 38.2 Å². The van der Waals surface area contributed by atoms with Crippen molar-refractivity contribution in [2.75, 3.05) is 12.9 Å². The number of rotatable bonds is 6. The minimum absolute atomic E-state index is 0.123. The highest BCUT2D eigenvalue weighted by Crippen LogP contribution is 2.26. The first-order valence-electron chi connectivity index (χ1n) is 7.86. The Morgan fingerprint density at radius 3 is 2.88 bits per heavy atom. The van der Waals surface area contributed by atoms with E-state index < -0.39 is 5.25 Å². The zero-order chi connectivity index (χ0) is 18.7. The van der Waals surface area contributed by atoms with Crippen molar-refractivity contribution in [3.63, 3.8) is 0 Å². The maximum Gasteiger partial charge on any atom is 0.235 e. The minimum atomic E-state index is -0.440. The molecule has 0 bridgehead atoms. The molecule has 26 heavy (non-hydrogen) atoms. The number of halogens is 1. The molecule has 0 aliphatic carbocycles. The van der Waals surface area contributed by atoms with Gasteiger partial charge < -0.3 is 15.2 Å². The molecule has 0 aliphatic rings. The van der Waals surface area contributed by atoms with E-state index in [0.717, 1.165) is 5.56 Å². The van der Waals surface area contributed by atoms with Crippen LogP contribution in [0.2, 0.25) is 0 Å². The lowest BCUT2D eigenvalue weighted by atomic mass is 10.2.